The lowest BCUT2D eigenvalue weighted by Gasteiger charge is -2.50. The van der Waals surface area contributed by atoms with Gasteiger partial charge >= 0.3 is 0 Å². The molecule has 204 valence electrons. The molecule has 3 aliphatic rings. The summed E-state index contributed by atoms with van der Waals surface area (Å²) in [5.41, 5.74) is 2.27. The minimum absolute atomic E-state index is 0.0237. The fourth-order valence-electron chi connectivity index (χ4n) is 5.97. The van der Waals surface area contributed by atoms with Crippen LogP contribution in [0.4, 0.5) is 11.4 Å². The van der Waals surface area contributed by atoms with Gasteiger partial charge in [0.25, 0.3) is 5.91 Å². The highest BCUT2D eigenvalue weighted by atomic mass is 35.5. The second-order valence-electron chi connectivity index (χ2n) is 10.2. The van der Waals surface area contributed by atoms with Crippen LogP contribution in [0.25, 0.3) is 5.76 Å². The van der Waals surface area contributed by atoms with E-state index in [1.165, 1.54) is 25.1 Å². The number of nitrogens with zero attached hydrogens (tertiary/aromatic N) is 2. The van der Waals surface area contributed by atoms with Crippen LogP contribution >= 0.6 is 11.6 Å². The molecule has 12 nitrogen and oxygen atoms in total. The van der Waals surface area contributed by atoms with Crippen molar-refractivity contribution in [2.45, 2.75) is 24.5 Å². The molecule has 0 aliphatic heterocycles. The van der Waals surface area contributed by atoms with Crippen LogP contribution in [-0.4, -0.2) is 94.4 Å². The van der Waals surface area contributed by atoms with Gasteiger partial charge in [-0.15, -0.1) is 11.6 Å². The van der Waals surface area contributed by atoms with Gasteiger partial charge in [-0.25, -0.2) is 0 Å². The van der Waals surface area contributed by atoms with Crippen molar-refractivity contribution in [3.05, 3.63) is 34.1 Å². The maximum atomic E-state index is 13.9. The predicted octanol–water partition coefficient (Wildman–Crippen LogP) is 0.207. The monoisotopic (exact) mass is 548 g/mol. The number of halogens is 1. The van der Waals surface area contributed by atoms with E-state index in [2.05, 4.69) is 5.32 Å². The molecule has 2 amide bonds. The van der Waals surface area contributed by atoms with E-state index in [0.29, 0.717) is 11.3 Å². The number of alkyl halides is 1. The number of aromatic hydroxyl groups is 1. The first-order chi connectivity index (χ1) is 17.7. The van der Waals surface area contributed by atoms with Crippen LogP contribution < -0.4 is 16.0 Å². The first kappa shape index (κ1) is 27.4. The lowest BCUT2D eigenvalue weighted by molar-refractivity contribution is -0.153. The SMILES string of the molecule is CN(C)c1cc(NC(=O)CCl)c(O)c2c1C[C@H]1C[C@H]3[C@H](N(C)C)C(=O)C(C(N)=O)=C(O)[C@@]3(O)C(=O)C1=C2O. The lowest BCUT2D eigenvalue weighted by Crippen LogP contribution is -2.65. The summed E-state index contributed by atoms with van der Waals surface area (Å²) in [5, 5.41) is 47.4. The van der Waals surface area contributed by atoms with Crippen LogP contribution in [0.3, 0.4) is 0 Å². The van der Waals surface area contributed by atoms with E-state index in [4.69, 9.17) is 17.3 Å². The van der Waals surface area contributed by atoms with E-state index in [1.54, 1.807) is 19.0 Å². The summed E-state index contributed by atoms with van der Waals surface area (Å²) in [6.45, 7) is 0. The molecule has 1 aromatic rings. The standard InChI is InChI=1S/C25H29ClN4O8/c1-29(2)13-7-12(28-14(31)8-26)19(32)16-10(13)5-9-6-11-18(30(3)4)21(34)17(24(27)37)23(36)25(11,38)22(35)15(9)20(16)33/h7,9,11,18,32-33,36,38H,5-6,8H2,1-4H3,(H2,27,37)(H,28,31)/t9-,11-,18-,25-/m0/s1. The number of aliphatic hydroxyl groups excluding tert-OH is 2. The van der Waals surface area contributed by atoms with Gasteiger partial charge in [0, 0.05) is 31.3 Å². The zero-order valence-electron chi connectivity index (χ0n) is 21.2. The van der Waals surface area contributed by atoms with Crippen LogP contribution in [-0.2, 0) is 25.6 Å². The van der Waals surface area contributed by atoms with Crippen molar-refractivity contribution >= 4 is 52.1 Å². The van der Waals surface area contributed by atoms with Crippen LogP contribution in [0.1, 0.15) is 17.5 Å². The van der Waals surface area contributed by atoms with Gasteiger partial charge in [-0.05, 0) is 44.5 Å². The molecule has 1 aromatic carbocycles. The van der Waals surface area contributed by atoms with E-state index in [1.807, 2.05) is 0 Å². The number of amides is 2. The number of primary amides is 1. The van der Waals surface area contributed by atoms with Crippen molar-refractivity contribution in [2.75, 3.05) is 44.3 Å². The Labute approximate surface area is 223 Å². The molecule has 1 fully saturated rings. The Morgan fingerprint density at radius 1 is 1.18 bits per heavy atom. The molecule has 13 heteroatoms. The van der Waals surface area contributed by atoms with Crippen molar-refractivity contribution < 1.29 is 39.6 Å². The first-order valence-corrected chi connectivity index (χ1v) is 12.3. The summed E-state index contributed by atoms with van der Waals surface area (Å²) in [6, 6.07) is 0.348. The zero-order valence-corrected chi connectivity index (χ0v) is 22.0. The summed E-state index contributed by atoms with van der Waals surface area (Å²) in [5.74, 6) is -8.44. The van der Waals surface area contributed by atoms with E-state index in [0.717, 1.165) is 0 Å². The maximum absolute atomic E-state index is 13.9. The lowest BCUT2D eigenvalue weighted by atomic mass is 9.57. The molecule has 38 heavy (non-hydrogen) atoms. The second-order valence-corrected chi connectivity index (χ2v) is 10.5. The number of hydrogen-bond acceptors (Lipinski definition) is 10. The number of nitrogens with two attached hydrogens (primary N) is 1. The normalized spacial score (nSPS) is 26.7. The van der Waals surface area contributed by atoms with Gasteiger partial charge in [0.15, 0.2) is 11.4 Å². The number of Topliss-reactive ketones (excluding diaryl/α,β-unsaturated/α-hetero) is 2. The summed E-state index contributed by atoms with van der Waals surface area (Å²) >= 11 is 5.59. The third-order valence-corrected chi connectivity index (χ3v) is 7.82. The van der Waals surface area contributed by atoms with Gasteiger partial charge in [-0.2, -0.15) is 0 Å². The molecule has 0 heterocycles. The van der Waals surface area contributed by atoms with E-state index in [9.17, 15) is 39.6 Å². The van der Waals surface area contributed by atoms with Gasteiger partial charge in [-0.3, -0.25) is 24.1 Å². The number of nitrogens with one attached hydrogen (secondary N) is 1. The quantitative estimate of drug-likeness (QED) is 0.168. The summed E-state index contributed by atoms with van der Waals surface area (Å²) in [4.78, 5) is 54.2. The minimum Gasteiger partial charge on any atom is -0.508 e. The minimum atomic E-state index is -2.73. The van der Waals surface area contributed by atoms with Gasteiger partial charge < -0.3 is 36.4 Å². The van der Waals surface area contributed by atoms with Gasteiger partial charge in [0.2, 0.25) is 11.7 Å². The third kappa shape index (κ3) is 3.74. The van der Waals surface area contributed by atoms with Crippen molar-refractivity contribution in [3.63, 3.8) is 0 Å². The highest BCUT2D eigenvalue weighted by Crippen LogP contribution is 2.54. The second kappa shape index (κ2) is 9.29. The van der Waals surface area contributed by atoms with Crippen molar-refractivity contribution in [1.82, 2.24) is 4.90 Å². The van der Waals surface area contributed by atoms with Crippen molar-refractivity contribution in [2.24, 2.45) is 17.6 Å². The number of ketones is 2. The topological polar surface area (TPSA) is 194 Å². The highest BCUT2D eigenvalue weighted by Gasteiger charge is 2.64. The van der Waals surface area contributed by atoms with Crippen LogP contribution in [0, 0.1) is 11.8 Å². The smallest absolute Gasteiger partial charge is 0.255 e. The van der Waals surface area contributed by atoms with E-state index >= 15 is 0 Å². The number of likely N-dealkylation sites (N-methyl/N-ethyl adjacent to an activating group) is 1. The molecule has 0 bridgehead atoms. The molecule has 0 radical (unpaired) electrons. The van der Waals surface area contributed by atoms with Crippen molar-refractivity contribution in [1.29, 1.82) is 0 Å². The van der Waals surface area contributed by atoms with Gasteiger partial charge in [-0.1, -0.05) is 0 Å². The molecule has 4 rings (SSSR count). The first-order valence-electron chi connectivity index (χ1n) is 11.7. The Hall–Kier alpha value is -3.61. The van der Waals surface area contributed by atoms with Crippen LogP contribution in [0.15, 0.2) is 23.0 Å². The Balaban J connectivity index is 1.99. The number of aliphatic hydroxyl groups is 3. The number of hydrogen-bond donors (Lipinski definition) is 6. The molecule has 7 N–H and O–H groups in total. The van der Waals surface area contributed by atoms with E-state index < -0.39 is 75.6 Å². The van der Waals surface area contributed by atoms with Gasteiger partial charge in [0.1, 0.15) is 28.7 Å². The average molecular weight is 549 g/mol. The van der Waals surface area contributed by atoms with Crippen LogP contribution in [0.2, 0.25) is 0 Å². The summed E-state index contributed by atoms with van der Waals surface area (Å²) in [7, 11) is 6.51. The van der Waals surface area contributed by atoms with Crippen LogP contribution in [0.5, 0.6) is 5.75 Å². The Kier molecular flexibility index (Phi) is 6.71. The number of anilines is 2. The molecule has 0 aromatic heterocycles. The maximum Gasteiger partial charge on any atom is 0.255 e. The molecule has 0 unspecified atom stereocenters. The fraction of sp³-hybridized carbons (Fsp3) is 0.440. The predicted molar refractivity (Wildman–Crippen MR) is 138 cm³/mol. The average Bonchev–Trinajstić information content (AvgIpc) is 2.82. The number of carbonyl (C=O) groups is 4. The van der Waals surface area contributed by atoms with E-state index in [-0.39, 0.29) is 29.7 Å². The summed E-state index contributed by atoms with van der Waals surface area (Å²) in [6.07, 6.45) is 0.101. The fourth-order valence-corrected chi connectivity index (χ4v) is 6.04. The molecular weight excluding hydrogens is 520 g/mol. The Bertz CT molecular complexity index is 1350. The molecule has 1 saturated carbocycles. The Morgan fingerprint density at radius 3 is 2.34 bits per heavy atom. The Morgan fingerprint density at radius 2 is 1.82 bits per heavy atom. The largest absolute Gasteiger partial charge is 0.508 e. The highest BCUT2D eigenvalue weighted by molar-refractivity contribution is 6.29. The van der Waals surface area contributed by atoms with Gasteiger partial charge in [0.05, 0.1) is 17.3 Å². The number of phenols is 1. The zero-order chi connectivity index (χ0) is 28.4. The molecule has 3 aliphatic carbocycles. The number of rotatable bonds is 5. The molecule has 4 atom stereocenters. The number of carbonyl (C=O) groups excluding carboxylic acids is 4. The number of fused-ring (bicyclic) bond motifs is 3. The van der Waals surface area contributed by atoms with Crippen molar-refractivity contribution in [3.8, 4) is 5.75 Å². The molecule has 0 saturated heterocycles. The third-order valence-electron chi connectivity index (χ3n) is 7.57. The summed E-state index contributed by atoms with van der Waals surface area (Å²) < 4.78 is 0. The molecule has 0 spiro atoms. The number of benzene rings is 1. The molecular formula is C25H29ClN4O8. The number of phenolic OH excluding ortho intramolecular Hbond substituents is 1.